The van der Waals surface area contributed by atoms with Crippen LogP contribution in [0.5, 0.6) is 0 Å². The molecular formula is C9H18N2S. The SMILES string of the molecule is CCN1CCCCN(CC)C1=S. The van der Waals surface area contributed by atoms with Gasteiger partial charge in [-0.3, -0.25) is 0 Å². The molecule has 0 atom stereocenters. The lowest BCUT2D eigenvalue weighted by molar-refractivity contribution is 0.385. The van der Waals surface area contributed by atoms with Crippen LogP contribution in [0.1, 0.15) is 26.7 Å². The van der Waals surface area contributed by atoms with Gasteiger partial charge in [0.05, 0.1) is 0 Å². The van der Waals surface area contributed by atoms with Gasteiger partial charge in [0.15, 0.2) is 5.11 Å². The number of thiocarbonyl (C=S) groups is 1. The minimum Gasteiger partial charge on any atom is -0.349 e. The van der Waals surface area contributed by atoms with E-state index in [1.165, 1.54) is 12.8 Å². The molecule has 0 unspecified atom stereocenters. The van der Waals surface area contributed by atoms with E-state index in [0.717, 1.165) is 31.3 Å². The smallest absolute Gasteiger partial charge is 0.171 e. The van der Waals surface area contributed by atoms with Crippen LogP contribution in [0.2, 0.25) is 0 Å². The first-order valence-electron chi connectivity index (χ1n) is 4.83. The number of hydrogen-bond donors (Lipinski definition) is 0. The zero-order valence-corrected chi connectivity index (χ0v) is 8.86. The van der Waals surface area contributed by atoms with E-state index in [2.05, 4.69) is 23.6 Å². The highest BCUT2D eigenvalue weighted by Gasteiger charge is 2.16. The van der Waals surface area contributed by atoms with Crippen LogP contribution in [0.25, 0.3) is 0 Å². The minimum absolute atomic E-state index is 1.05. The molecule has 0 aliphatic carbocycles. The van der Waals surface area contributed by atoms with Gasteiger partial charge in [-0.05, 0) is 38.9 Å². The Bertz CT molecular complexity index is 143. The zero-order chi connectivity index (χ0) is 8.97. The third-order valence-corrected chi connectivity index (χ3v) is 2.93. The monoisotopic (exact) mass is 186 g/mol. The van der Waals surface area contributed by atoms with Crippen LogP contribution in [-0.4, -0.2) is 41.1 Å². The Balaban J connectivity index is 2.59. The summed E-state index contributed by atoms with van der Waals surface area (Å²) in [6, 6.07) is 0. The maximum absolute atomic E-state index is 5.39. The van der Waals surface area contributed by atoms with Gasteiger partial charge < -0.3 is 9.80 Å². The molecule has 0 aromatic rings. The molecule has 0 amide bonds. The summed E-state index contributed by atoms with van der Waals surface area (Å²) in [7, 11) is 0. The van der Waals surface area contributed by atoms with Crippen molar-refractivity contribution in [2.45, 2.75) is 26.7 Å². The van der Waals surface area contributed by atoms with E-state index in [0.29, 0.717) is 0 Å². The second-order valence-corrected chi connectivity index (χ2v) is 3.51. The zero-order valence-electron chi connectivity index (χ0n) is 8.05. The fourth-order valence-electron chi connectivity index (χ4n) is 1.58. The van der Waals surface area contributed by atoms with Gasteiger partial charge in [-0.1, -0.05) is 0 Å². The van der Waals surface area contributed by atoms with E-state index in [4.69, 9.17) is 12.2 Å². The third-order valence-electron chi connectivity index (χ3n) is 2.41. The summed E-state index contributed by atoms with van der Waals surface area (Å²) < 4.78 is 0. The summed E-state index contributed by atoms with van der Waals surface area (Å²) in [5, 5.41) is 1.05. The van der Waals surface area contributed by atoms with E-state index >= 15 is 0 Å². The fraction of sp³-hybridized carbons (Fsp3) is 0.889. The number of hydrogen-bond acceptors (Lipinski definition) is 1. The van der Waals surface area contributed by atoms with Gasteiger partial charge in [0.1, 0.15) is 0 Å². The molecule has 0 aromatic carbocycles. The predicted octanol–water partition coefficient (Wildman–Crippen LogP) is 1.71. The average Bonchev–Trinajstić information content (AvgIpc) is 2.27. The summed E-state index contributed by atoms with van der Waals surface area (Å²) in [6.45, 7) is 8.74. The average molecular weight is 186 g/mol. The lowest BCUT2D eigenvalue weighted by Gasteiger charge is -2.28. The number of nitrogens with zero attached hydrogens (tertiary/aromatic N) is 2. The largest absolute Gasteiger partial charge is 0.349 e. The molecule has 0 bridgehead atoms. The molecule has 12 heavy (non-hydrogen) atoms. The molecule has 70 valence electrons. The molecular weight excluding hydrogens is 168 g/mol. The Morgan fingerprint density at radius 3 is 1.83 bits per heavy atom. The third kappa shape index (κ3) is 2.09. The molecule has 0 N–H and O–H groups in total. The summed E-state index contributed by atoms with van der Waals surface area (Å²) in [5.74, 6) is 0. The van der Waals surface area contributed by atoms with E-state index in [1.54, 1.807) is 0 Å². The van der Waals surface area contributed by atoms with Crippen LogP contribution in [0.3, 0.4) is 0 Å². The first-order chi connectivity index (χ1) is 5.79. The van der Waals surface area contributed by atoms with Crippen molar-refractivity contribution < 1.29 is 0 Å². The second kappa shape index (κ2) is 4.65. The quantitative estimate of drug-likeness (QED) is 0.606. The second-order valence-electron chi connectivity index (χ2n) is 3.15. The van der Waals surface area contributed by atoms with E-state index in [9.17, 15) is 0 Å². The standard InChI is InChI=1S/C9H18N2S/c1-3-10-7-5-6-8-11(4-2)9(10)12/h3-8H2,1-2H3. The molecule has 1 rings (SSSR count). The summed E-state index contributed by atoms with van der Waals surface area (Å²) in [5.41, 5.74) is 0. The van der Waals surface area contributed by atoms with Gasteiger partial charge >= 0.3 is 0 Å². The van der Waals surface area contributed by atoms with Gasteiger partial charge in [-0.15, -0.1) is 0 Å². The van der Waals surface area contributed by atoms with Crippen LogP contribution in [0.15, 0.2) is 0 Å². The van der Waals surface area contributed by atoms with E-state index < -0.39 is 0 Å². The highest BCUT2D eigenvalue weighted by molar-refractivity contribution is 7.80. The first kappa shape index (κ1) is 9.78. The molecule has 0 radical (unpaired) electrons. The first-order valence-corrected chi connectivity index (χ1v) is 5.24. The van der Waals surface area contributed by atoms with Crippen LogP contribution in [0.4, 0.5) is 0 Å². The molecule has 3 heteroatoms. The predicted molar refractivity (Wildman–Crippen MR) is 56.3 cm³/mol. The van der Waals surface area contributed by atoms with Crippen molar-refractivity contribution in [3.05, 3.63) is 0 Å². The van der Waals surface area contributed by atoms with Crippen LogP contribution in [-0.2, 0) is 0 Å². The molecule has 1 saturated heterocycles. The van der Waals surface area contributed by atoms with Crippen molar-refractivity contribution in [2.24, 2.45) is 0 Å². The summed E-state index contributed by atoms with van der Waals surface area (Å²) in [6.07, 6.45) is 2.56. The lowest BCUT2D eigenvalue weighted by atomic mass is 10.3. The molecule has 2 nitrogen and oxygen atoms in total. The summed E-state index contributed by atoms with van der Waals surface area (Å²) in [4.78, 5) is 4.59. The van der Waals surface area contributed by atoms with Crippen molar-refractivity contribution in [3.8, 4) is 0 Å². The van der Waals surface area contributed by atoms with Gasteiger partial charge in [-0.25, -0.2) is 0 Å². The molecule has 0 saturated carbocycles. The topological polar surface area (TPSA) is 6.48 Å². The van der Waals surface area contributed by atoms with Gasteiger partial charge in [0.25, 0.3) is 0 Å². The lowest BCUT2D eigenvalue weighted by Crippen LogP contribution is -2.41. The van der Waals surface area contributed by atoms with E-state index in [-0.39, 0.29) is 0 Å². The molecule has 1 fully saturated rings. The van der Waals surface area contributed by atoms with Gasteiger partial charge in [-0.2, -0.15) is 0 Å². The van der Waals surface area contributed by atoms with Crippen molar-refractivity contribution in [1.82, 2.24) is 9.80 Å². The maximum atomic E-state index is 5.39. The molecule has 1 aliphatic heterocycles. The molecule has 0 spiro atoms. The van der Waals surface area contributed by atoms with Crippen molar-refractivity contribution in [1.29, 1.82) is 0 Å². The summed E-state index contributed by atoms with van der Waals surface area (Å²) >= 11 is 5.39. The van der Waals surface area contributed by atoms with Gasteiger partial charge in [0.2, 0.25) is 0 Å². The number of rotatable bonds is 2. The van der Waals surface area contributed by atoms with Crippen LogP contribution >= 0.6 is 12.2 Å². The van der Waals surface area contributed by atoms with Crippen molar-refractivity contribution in [2.75, 3.05) is 26.2 Å². The van der Waals surface area contributed by atoms with Crippen LogP contribution < -0.4 is 0 Å². The van der Waals surface area contributed by atoms with Gasteiger partial charge in [0, 0.05) is 26.2 Å². The van der Waals surface area contributed by atoms with Crippen molar-refractivity contribution in [3.63, 3.8) is 0 Å². The highest BCUT2D eigenvalue weighted by atomic mass is 32.1. The maximum Gasteiger partial charge on any atom is 0.171 e. The molecule has 0 aromatic heterocycles. The Kier molecular flexibility index (Phi) is 3.79. The Morgan fingerprint density at radius 2 is 1.50 bits per heavy atom. The minimum atomic E-state index is 1.05. The normalized spacial score (nSPS) is 19.7. The molecule has 1 aliphatic rings. The van der Waals surface area contributed by atoms with Crippen molar-refractivity contribution >= 4 is 17.3 Å². The Labute approximate surface area is 80.5 Å². The van der Waals surface area contributed by atoms with E-state index in [1.807, 2.05) is 0 Å². The highest BCUT2D eigenvalue weighted by Crippen LogP contribution is 2.08. The molecule has 1 heterocycles. The van der Waals surface area contributed by atoms with Crippen LogP contribution in [0, 0.1) is 0 Å². The fourth-order valence-corrected chi connectivity index (χ4v) is 2.02. The Morgan fingerprint density at radius 1 is 1.08 bits per heavy atom. The Hall–Kier alpha value is -0.310.